The molecule has 11 nitrogen and oxygen atoms in total. The van der Waals surface area contributed by atoms with Crippen molar-refractivity contribution in [2.45, 2.75) is 19.8 Å². The molecule has 0 saturated carbocycles. The zero-order valence-corrected chi connectivity index (χ0v) is 22.0. The van der Waals surface area contributed by atoms with Crippen molar-refractivity contribution in [3.63, 3.8) is 0 Å². The zero-order valence-electron chi connectivity index (χ0n) is 22.0. The molecule has 2 heterocycles. The maximum absolute atomic E-state index is 12.9. The molecule has 4 N–H and O–H groups in total. The predicted molar refractivity (Wildman–Crippen MR) is 151 cm³/mol. The quantitative estimate of drug-likeness (QED) is 0.191. The zero-order chi connectivity index (χ0) is 27.4. The summed E-state index contributed by atoms with van der Waals surface area (Å²) in [4.78, 5) is 28.8. The fourth-order valence-corrected chi connectivity index (χ4v) is 4.51. The molecule has 0 aliphatic carbocycles. The highest BCUT2D eigenvalue weighted by atomic mass is 16.6. The first kappa shape index (κ1) is 26.3. The van der Waals surface area contributed by atoms with Crippen LogP contribution in [-0.4, -0.2) is 70.4 Å². The first-order valence-electron chi connectivity index (χ1n) is 12.9. The molecule has 0 radical (unpaired) electrons. The Morgan fingerprint density at radius 3 is 2.54 bits per heavy atom. The number of anilines is 2. The van der Waals surface area contributed by atoms with Crippen LogP contribution in [0.5, 0.6) is 0 Å². The van der Waals surface area contributed by atoms with Crippen LogP contribution >= 0.6 is 0 Å². The summed E-state index contributed by atoms with van der Waals surface area (Å²) >= 11 is 0. The molecule has 1 aliphatic rings. The number of aliphatic imine (C=N–C) groups is 1. The Kier molecular flexibility index (Phi) is 7.82. The summed E-state index contributed by atoms with van der Waals surface area (Å²) in [5, 5.41) is 25.5. The summed E-state index contributed by atoms with van der Waals surface area (Å²) in [6.07, 6.45) is 1.55. The molecule has 1 aliphatic heterocycles. The number of aryl methyl sites for hydroxylation is 1. The highest BCUT2D eigenvalue weighted by molar-refractivity contribution is 6.06. The van der Waals surface area contributed by atoms with Gasteiger partial charge in [0.25, 0.3) is 5.91 Å². The number of aromatic nitrogens is 2. The van der Waals surface area contributed by atoms with Crippen LogP contribution < -0.4 is 21.0 Å². The Morgan fingerprint density at radius 1 is 0.974 bits per heavy atom. The van der Waals surface area contributed by atoms with Crippen molar-refractivity contribution >= 4 is 45.3 Å². The molecule has 0 saturated heterocycles. The van der Waals surface area contributed by atoms with Crippen molar-refractivity contribution in [2.75, 3.05) is 43.5 Å². The largest absolute Gasteiger partial charge is 0.352 e. The highest BCUT2D eigenvalue weighted by Gasteiger charge is 2.25. The van der Waals surface area contributed by atoms with Gasteiger partial charge in [0, 0.05) is 13.1 Å². The molecule has 5 rings (SSSR count). The van der Waals surface area contributed by atoms with E-state index in [9.17, 15) is 15.2 Å². The highest BCUT2D eigenvalue weighted by Crippen LogP contribution is 2.31. The molecule has 3 aromatic carbocycles. The maximum atomic E-state index is 12.9. The van der Waals surface area contributed by atoms with E-state index in [2.05, 4.69) is 30.6 Å². The molecular weight excluding hydrogens is 496 g/mol. The van der Waals surface area contributed by atoms with Crippen molar-refractivity contribution < 1.29 is 15.2 Å². The van der Waals surface area contributed by atoms with E-state index in [1.54, 1.807) is 18.2 Å². The van der Waals surface area contributed by atoms with Crippen LogP contribution in [0.1, 0.15) is 28.8 Å². The molecule has 4 aromatic rings. The third-order valence-electron chi connectivity index (χ3n) is 6.57. The Morgan fingerprint density at radius 2 is 1.72 bits per heavy atom. The lowest BCUT2D eigenvalue weighted by Crippen LogP contribution is -2.52. The average molecular weight is 529 g/mol. The second-order valence-electron chi connectivity index (χ2n) is 9.58. The van der Waals surface area contributed by atoms with Gasteiger partial charge in [0.15, 0.2) is 0 Å². The molecule has 0 atom stereocenters. The van der Waals surface area contributed by atoms with Crippen molar-refractivity contribution in [3.8, 4) is 0 Å². The van der Waals surface area contributed by atoms with Gasteiger partial charge in [-0.1, -0.05) is 24.3 Å². The van der Waals surface area contributed by atoms with Gasteiger partial charge in [-0.25, -0.2) is 20.4 Å². The molecule has 202 valence electrons. The van der Waals surface area contributed by atoms with E-state index in [1.165, 1.54) is 0 Å². The second kappa shape index (κ2) is 11.6. The second-order valence-corrected chi connectivity index (χ2v) is 9.58. The number of nitrogens with one attached hydrogen (secondary N) is 2. The van der Waals surface area contributed by atoms with Crippen LogP contribution in [0.3, 0.4) is 0 Å². The summed E-state index contributed by atoms with van der Waals surface area (Å²) in [5.74, 6) is -0.00259. The minimum Gasteiger partial charge on any atom is -0.352 e. The van der Waals surface area contributed by atoms with Gasteiger partial charge in [0.05, 0.1) is 22.1 Å². The molecule has 0 fully saturated rings. The molecule has 1 aromatic heterocycles. The Bertz CT molecular complexity index is 1530. The van der Waals surface area contributed by atoms with E-state index in [4.69, 9.17) is 0 Å². The third-order valence-corrected chi connectivity index (χ3v) is 6.57. The SMILES string of the molecule is Cc1ccc2c(c1)N(O)NC(=NCCCN(C)CCCNC(=O)c1cccc3nc4ccccc4nc13)N2O. The van der Waals surface area contributed by atoms with Crippen molar-refractivity contribution in [1.82, 2.24) is 25.6 Å². The van der Waals surface area contributed by atoms with Crippen LogP contribution in [0.2, 0.25) is 0 Å². The summed E-state index contributed by atoms with van der Waals surface area (Å²) in [6, 6.07) is 18.5. The van der Waals surface area contributed by atoms with Crippen LogP contribution in [0, 0.1) is 6.92 Å². The van der Waals surface area contributed by atoms with Gasteiger partial charge >= 0.3 is 0 Å². The predicted octanol–water partition coefficient (Wildman–Crippen LogP) is 3.50. The van der Waals surface area contributed by atoms with E-state index in [1.807, 2.05) is 56.4 Å². The number of carbonyl (C=O) groups is 1. The summed E-state index contributed by atoms with van der Waals surface area (Å²) in [7, 11) is 2.02. The minimum atomic E-state index is -0.160. The summed E-state index contributed by atoms with van der Waals surface area (Å²) in [6.45, 7) is 4.51. The molecule has 1 amide bonds. The lowest BCUT2D eigenvalue weighted by Gasteiger charge is -2.33. The Labute approximate surface area is 226 Å². The monoisotopic (exact) mass is 528 g/mol. The number of rotatable bonds is 9. The number of para-hydroxylation sites is 3. The number of nitrogens with zero attached hydrogens (tertiary/aromatic N) is 6. The van der Waals surface area contributed by atoms with Gasteiger partial charge < -0.3 is 10.2 Å². The number of hydrogen-bond acceptors (Lipinski definition) is 8. The smallest absolute Gasteiger partial charge is 0.253 e. The number of carbonyl (C=O) groups excluding carboxylic acids is 1. The van der Waals surface area contributed by atoms with Gasteiger partial charge in [-0.2, -0.15) is 10.2 Å². The standard InChI is InChI=1S/C28H32N8O3/c1-19-12-13-24-25(18-19)36(39)33-28(35(24)38)30-15-7-17-34(2)16-6-14-29-27(37)20-8-5-11-23-26(20)32-22-10-4-3-9-21(22)31-23/h3-5,8-13,18,38-39H,6-7,14-17H2,1-2H3,(H,29,37)(H,30,33). The topological polar surface area (TPSA) is 129 Å². The molecule has 39 heavy (non-hydrogen) atoms. The number of guanidine groups is 1. The fourth-order valence-electron chi connectivity index (χ4n) is 4.51. The van der Waals surface area contributed by atoms with Gasteiger partial charge in [0.2, 0.25) is 5.96 Å². The maximum Gasteiger partial charge on any atom is 0.253 e. The van der Waals surface area contributed by atoms with Crippen LogP contribution in [0.4, 0.5) is 11.4 Å². The van der Waals surface area contributed by atoms with E-state index < -0.39 is 0 Å². The van der Waals surface area contributed by atoms with Crippen LogP contribution in [0.15, 0.2) is 65.7 Å². The van der Waals surface area contributed by atoms with E-state index >= 15 is 0 Å². The summed E-state index contributed by atoms with van der Waals surface area (Å²) < 4.78 is 0. The Hall–Kier alpha value is -4.32. The lowest BCUT2D eigenvalue weighted by atomic mass is 10.1. The van der Waals surface area contributed by atoms with Crippen molar-refractivity contribution in [2.24, 2.45) is 4.99 Å². The van der Waals surface area contributed by atoms with Crippen LogP contribution in [0.25, 0.3) is 22.1 Å². The van der Waals surface area contributed by atoms with E-state index in [0.29, 0.717) is 41.1 Å². The minimum absolute atomic E-state index is 0.158. The number of benzene rings is 3. The number of hydroxylamine groups is 1. The van der Waals surface area contributed by atoms with Crippen molar-refractivity contribution in [3.05, 3.63) is 71.8 Å². The molecule has 11 heteroatoms. The average Bonchev–Trinajstić information content (AvgIpc) is 2.94. The number of fused-ring (bicyclic) bond motifs is 3. The molecule has 0 bridgehead atoms. The molecule has 0 unspecified atom stereocenters. The Balaban J connectivity index is 1.07. The number of hydrogen-bond donors (Lipinski definition) is 4. The molecule has 0 spiro atoms. The van der Waals surface area contributed by atoms with E-state index in [-0.39, 0.29) is 11.9 Å². The van der Waals surface area contributed by atoms with Crippen LogP contribution in [-0.2, 0) is 0 Å². The first-order chi connectivity index (χ1) is 18.9. The van der Waals surface area contributed by atoms with Gasteiger partial charge in [-0.05, 0) is 81.9 Å². The number of hydrazine groups is 1. The van der Waals surface area contributed by atoms with Gasteiger partial charge in [-0.3, -0.25) is 15.2 Å². The molecular formula is C28H32N8O3. The normalized spacial score (nSPS) is 14.2. The van der Waals surface area contributed by atoms with Crippen molar-refractivity contribution in [1.29, 1.82) is 0 Å². The van der Waals surface area contributed by atoms with Gasteiger partial charge in [-0.15, -0.1) is 0 Å². The lowest BCUT2D eigenvalue weighted by molar-refractivity contribution is 0.0953. The summed E-state index contributed by atoms with van der Waals surface area (Å²) in [5.41, 5.74) is 7.92. The van der Waals surface area contributed by atoms with Gasteiger partial charge in [0.1, 0.15) is 16.9 Å². The first-order valence-corrected chi connectivity index (χ1v) is 12.9. The van der Waals surface area contributed by atoms with E-state index in [0.717, 1.165) is 52.8 Å². The fraction of sp³-hybridized carbons (Fsp3) is 0.286. The number of amides is 1. The third kappa shape index (κ3) is 5.90.